The summed E-state index contributed by atoms with van der Waals surface area (Å²) in [6, 6.07) is 8.21. The molecule has 4 aromatic rings. The van der Waals surface area contributed by atoms with E-state index in [1.54, 1.807) is 11.3 Å². The lowest BCUT2D eigenvalue weighted by Gasteiger charge is -2.26. The van der Waals surface area contributed by atoms with Gasteiger partial charge in [-0.1, -0.05) is 12.5 Å². The van der Waals surface area contributed by atoms with Crippen LogP contribution in [-0.2, 0) is 6.54 Å². The second-order valence-corrected chi connectivity index (χ2v) is 8.54. The Bertz CT molecular complexity index is 1220. The lowest BCUT2D eigenvalue weighted by atomic mass is 10.0. The first-order chi connectivity index (χ1) is 13.7. The highest BCUT2D eigenvalue weighted by Gasteiger charge is 2.14. The zero-order chi connectivity index (χ0) is 19.1. The number of benzene rings is 1. The number of aryl methyl sites for hydroxylation is 1. The number of aromatic amines is 1. The first-order valence-corrected chi connectivity index (χ1v) is 10.6. The highest BCUT2D eigenvalue weighted by atomic mass is 32.1. The molecule has 4 heterocycles. The average Bonchev–Trinajstić information content (AvgIpc) is 3.17. The number of piperidine rings is 1. The molecule has 0 atom stereocenters. The van der Waals surface area contributed by atoms with Crippen molar-refractivity contribution < 1.29 is 0 Å². The Kier molecular flexibility index (Phi) is 4.45. The third-order valence-corrected chi connectivity index (χ3v) is 6.37. The first kappa shape index (κ1) is 17.5. The topological polar surface area (TPSA) is 61.9 Å². The number of thiophene rings is 1. The molecule has 1 aromatic carbocycles. The predicted octanol–water partition coefficient (Wildman–Crippen LogP) is 4.49. The van der Waals surface area contributed by atoms with Gasteiger partial charge in [-0.3, -0.25) is 14.7 Å². The molecule has 1 fully saturated rings. The fourth-order valence-corrected chi connectivity index (χ4v) is 4.81. The molecule has 1 saturated heterocycles. The highest BCUT2D eigenvalue weighted by molar-refractivity contribution is 7.17. The number of hydrogen-bond acceptors (Lipinski definition) is 5. The Morgan fingerprint density at radius 3 is 2.89 bits per heavy atom. The van der Waals surface area contributed by atoms with Gasteiger partial charge in [0.1, 0.15) is 5.69 Å². The van der Waals surface area contributed by atoms with E-state index < -0.39 is 0 Å². The molecule has 3 aromatic heterocycles. The summed E-state index contributed by atoms with van der Waals surface area (Å²) in [6.45, 7) is 5.21. The molecule has 5 rings (SSSR count). The molecule has 0 bridgehead atoms. The number of aromatic nitrogens is 3. The van der Waals surface area contributed by atoms with Crippen molar-refractivity contribution in [3.05, 3.63) is 57.3 Å². The molecule has 142 valence electrons. The van der Waals surface area contributed by atoms with E-state index in [0.717, 1.165) is 40.8 Å². The summed E-state index contributed by atoms with van der Waals surface area (Å²) in [6.07, 6.45) is 5.69. The fraction of sp³-hybridized carbons (Fsp3) is 0.318. The molecule has 0 amide bonds. The van der Waals surface area contributed by atoms with Crippen molar-refractivity contribution in [1.82, 2.24) is 19.9 Å². The normalized spacial score (nSPS) is 15.5. The monoisotopic (exact) mass is 390 g/mol. The standard InChI is InChI=1S/C22H22N4OS/c1-14-9-15(13-26-6-3-2-4-7-26)10-17-20(14)24-21(25-22(17)27)18-11-16-5-8-28-19(16)12-23-18/h5,8-12H,2-4,6-7,13H2,1H3,(H,24,25,27). The zero-order valence-electron chi connectivity index (χ0n) is 15.9. The van der Waals surface area contributed by atoms with E-state index in [1.165, 1.54) is 24.8 Å². The summed E-state index contributed by atoms with van der Waals surface area (Å²) in [5.74, 6) is 0.525. The molecule has 0 radical (unpaired) electrons. The Morgan fingerprint density at radius 2 is 2.04 bits per heavy atom. The summed E-state index contributed by atoms with van der Waals surface area (Å²) >= 11 is 1.66. The SMILES string of the molecule is Cc1cc(CN2CCCCC2)cc2c(=O)[nH]c(-c3cc4ccsc4cn3)nc12. The molecule has 1 aliphatic rings. The van der Waals surface area contributed by atoms with Crippen LogP contribution >= 0.6 is 11.3 Å². The lowest BCUT2D eigenvalue weighted by Crippen LogP contribution is -2.29. The van der Waals surface area contributed by atoms with Crippen molar-refractivity contribution in [2.24, 2.45) is 0 Å². The van der Waals surface area contributed by atoms with E-state index in [-0.39, 0.29) is 5.56 Å². The molecule has 1 N–H and O–H groups in total. The average molecular weight is 391 g/mol. The minimum Gasteiger partial charge on any atom is -0.305 e. The second-order valence-electron chi connectivity index (χ2n) is 7.59. The van der Waals surface area contributed by atoms with Crippen molar-refractivity contribution in [2.75, 3.05) is 13.1 Å². The number of fused-ring (bicyclic) bond motifs is 2. The van der Waals surface area contributed by atoms with Crippen molar-refractivity contribution in [2.45, 2.75) is 32.7 Å². The van der Waals surface area contributed by atoms with Crippen molar-refractivity contribution in [3.63, 3.8) is 0 Å². The van der Waals surface area contributed by atoms with Gasteiger partial charge >= 0.3 is 0 Å². The summed E-state index contributed by atoms with van der Waals surface area (Å²) in [5, 5.41) is 3.82. The largest absolute Gasteiger partial charge is 0.305 e. The Labute approximate surface area is 167 Å². The summed E-state index contributed by atoms with van der Waals surface area (Å²) in [5.41, 5.74) is 3.57. The van der Waals surface area contributed by atoms with E-state index in [2.05, 4.69) is 27.0 Å². The van der Waals surface area contributed by atoms with E-state index in [1.807, 2.05) is 30.6 Å². The third kappa shape index (κ3) is 3.23. The Balaban J connectivity index is 1.55. The van der Waals surface area contributed by atoms with Gasteiger partial charge < -0.3 is 4.98 Å². The van der Waals surface area contributed by atoms with Crippen LogP contribution in [0.3, 0.4) is 0 Å². The van der Waals surface area contributed by atoms with E-state index in [9.17, 15) is 4.79 Å². The molecule has 0 unspecified atom stereocenters. The molecule has 5 nitrogen and oxygen atoms in total. The van der Waals surface area contributed by atoms with Crippen molar-refractivity contribution >= 4 is 32.3 Å². The maximum absolute atomic E-state index is 12.8. The van der Waals surface area contributed by atoms with Gasteiger partial charge in [0.2, 0.25) is 0 Å². The van der Waals surface area contributed by atoms with Gasteiger partial charge in [0, 0.05) is 12.7 Å². The van der Waals surface area contributed by atoms with Crippen LogP contribution in [-0.4, -0.2) is 32.9 Å². The number of H-pyrrole nitrogens is 1. The molecular weight excluding hydrogens is 368 g/mol. The Hall–Kier alpha value is -2.57. The molecule has 28 heavy (non-hydrogen) atoms. The van der Waals surface area contributed by atoms with Crippen molar-refractivity contribution in [3.8, 4) is 11.5 Å². The maximum atomic E-state index is 12.8. The van der Waals surface area contributed by atoms with E-state index >= 15 is 0 Å². The number of nitrogens with one attached hydrogen (secondary N) is 1. The van der Waals surface area contributed by atoms with Crippen LogP contribution in [0.2, 0.25) is 0 Å². The van der Waals surface area contributed by atoms with Crippen LogP contribution in [0, 0.1) is 6.92 Å². The van der Waals surface area contributed by atoms with Crippen LogP contribution in [0.15, 0.2) is 40.6 Å². The minimum atomic E-state index is -0.101. The molecular formula is C22H22N4OS. The van der Waals surface area contributed by atoms with Gasteiger partial charge in [-0.15, -0.1) is 11.3 Å². The fourth-order valence-electron chi connectivity index (χ4n) is 4.08. The number of nitrogens with zero attached hydrogens (tertiary/aromatic N) is 3. The van der Waals surface area contributed by atoms with Gasteiger partial charge in [-0.2, -0.15) is 0 Å². The lowest BCUT2D eigenvalue weighted by molar-refractivity contribution is 0.221. The summed E-state index contributed by atoms with van der Waals surface area (Å²) in [4.78, 5) is 27.5. The molecule has 1 aliphatic heterocycles. The van der Waals surface area contributed by atoms with Gasteiger partial charge in [0.15, 0.2) is 5.82 Å². The van der Waals surface area contributed by atoms with Crippen LogP contribution in [0.1, 0.15) is 30.4 Å². The van der Waals surface area contributed by atoms with Crippen LogP contribution in [0.25, 0.3) is 32.5 Å². The van der Waals surface area contributed by atoms with Crippen LogP contribution in [0.4, 0.5) is 0 Å². The summed E-state index contributed by atoms with van der Waals surface area (Å²) in [7, 11) is 0. The molecule has 0 aliphatic carbocycles. The van der Waals surface area contributed by atoms with Crippen LogP contribution in [0.5, 0.6) is 0 Å². The number of pyridine rings is 1. The van der Waals surface area contributed by atoms with Gasteiger partial charge in [-0.05, 0) is 72.9 Å². The zero-order valence-corrected chi connectivity index (χ0v) is 16.7. The molecule has 0 saturated carbocycles. The third-order valence-electron chi connectivity index (χ3n) is 5.50. The summed E-state index contributed by atoms with van der Waals surface area (Å²) < 4.78 is 1.13. The van der Waals surface area contributed by atoms with Gasteiger partial charge in [0.25, 0.3) is 5.56 Å². The minimum absolute atomic E-state index is 0.101. The van der Waals surface area contributed by atoms with E-state index in [4.69, 9.17) is 4.98 Å². The highest BCUT2D eigenvalue weighted by Crippen LogP contribution is 2.25. The van der Waals surface area contributed by atoms with Crippen molar-refractivity contribution in [1.29, 1.82) is 0 Å². The predicted molar refractivity (Wildman–Crippen MR) is 115 cm³/mol. The molecule has 6 heteroatoms. The van der Waals surface area contributed by atoms with E-state index in [0.29, 0.717) is 16.9 Å². The second kappa shape index (κ2) is 7.11. The van der Waals surface area contributed by atoms with Gasteiger partial charge in [-0.25, -0.2) is 4.98 Å². The van der Waals surface area contributed by atoms with Crippen LogP contribution < -0.4 is 5.56 Å². The quantitative estimate of drug-likeness (QED) is 0.560. The molecule has 0 spiro atoms. The smallest absolute Gasteiger partial charge is 0.259 e. The number of rotatable bonds is 3. The Morgan fingerprint density at radius 1 is 1.18 bits per heavy atom. The number of likely N-dealkylation sites (tertiary alicyclic amines) is 1. The maximum Gasteiger partial charge on any atom is 0.259 e. The van der Waals surface area contributed by atoms with Gasteiger partial charge in [0.05, 0.1) is 15.6 Å². The number of hydrogen-bond donors (Lipinski definition) is 1. The first-order valence-electron chi connectivity index (χ1n) is 9.77.